The zero-order valence-corrected chi connectivity index (χ0v) is 12.8. The third-order valence-corrected chi connectivity index (χ3v) is 4.06. The van der Waals surface area contributed by atoms with Crippen molar-refractivity contribution < 1.29 is 9.15 Å². The molecule has 3 heteroatoms. The van der Waals surface area contributed by atoms with Crippen LogP contribution in [0.1, 0.15) is 30.2 Å². The van der Waals surface area contributed by atoms with Crippen molar-refractivity contribution in [1.29, 1.82) is 0 Å². The highest BCUT2D eigenvalue weighted by molar-refractivity contribution is 5.40. The molecule has 0 aliphatic carbocycles. The number of hydrogen-bond donors (Lipinski definition) is 1. The molecule has 2 heterocycles. The Kier molecular flexibility index (Phi) is 4.30. The molecule has 0 radical (unpaired) electrons. The number of fused-ring (bicyclic) bond motifs is 1. The summed E-state index contributed by atoms with van der Waals surface area (Å²) in [5, 5.41) is 3.57. The maximum atomic E-state index is 5.98. The fraction of sp³-hybridized carbons (Fsp3) is 0.444. The van der Waals surface area contributed by atoms with Crippen molar-refractivity contribution in [2.45, 2.75) is 45.3 Å². The summed E-state index contributed by atoms with van der Waals surface area (Å²) in [6.45, 7) is 5.24. The summed E-state index contributed by atoms with van der Waals surface area (Å²) in [6, 6.07) is 10.9. The maximum absolute atomic E-state index is 5.98. The minimum absolute atomic E-state index is 0.257. The number of rotatable bonds is 6. The molecule has 0 amide bonds. The van der Waals surface area contributed by atoms with Gasteiger partial charge in [-0.25, -0.2) is 0 Å². The molecule has 1 N–H and O–H groups in total. The van der Waals surface area contributed by atoms with Crippen molar-refractivity contribution in [2.75, 3.05) is 6.54 Å². The Balaban J connectivity index is 1.42. The second-order valence-electron chi connectivity index (χ2n) is 5.98. The fourth-order valence-electron chi connectivity index (χ4n) is 2.81. The number of benzene rings is 1. The molecular formula is C18H23NO2. The van der Waals surface area contributed by atoms with Gasteiger partial charge in [0, 0.05) is 25.4 Å². The Morgan fingerprint density at radius 3 is 3.05 bits per heavy atom. The topological polar surface area (TPSA) is 34.4 Å². The molecule has 112 valence electrons. The van der Waals surface area contributed by atoms with Gasteiger partial charge in [0.15, 0.2) is 0 Å². The van der Waals surface area contributed by atoms with Crippen LogP contribution < -0.4 is 10.1 Å². The van der Waals surface area contributed by atoms with Gasteiger partial charge in [-0.1, -0.05) is 17.7 Å². The van der Waals surface area contributed by atoms with Gasteiger partial charge < -0.3 is 14.5 Å². The van der Waals surface area contributed by atoms with E-state index in [0.717, 1.165) is 37.3 Å². The van der Waals surface area contributed by atoms with Crippen molar-refractivity contribution in [2.24, 2.45) is 0 Å². The zero-order valence-electron chi connectivity index (χ0n) is 12.8. The molecule has 1 aromatic heterocycles. The molecule has 0 fully saturated rings. The summed E-state index contributed by atoms with van der Waals surface area (Å²) >= 11 is 0. The SMILES string of the molecule is Cc1ccc2c(c1)CC(CNC(C)CCc1ccco1)O2. The van der Waals surface area contributed by atoms with Crippen molar-refractivity contribution in [1.82, 2.24) is 5.32 Å². The number of nitrogens with one attached hydrogen (secondary N) is 1. The van der Waals surface area contributed by atoms with Crippen molar-refractivity contribution >= 4 is 0 Å². The first-order valence-corrected chi connectivity index (χ1v) is 7.72. The van der Waals surface area contributed by atoms with E-state index < -0.39 is 0 Å². The average Bonchev–Trinajstić information content (AvgIpc) is 3.11. The monoisotopic (exact) mass is 285 g/mol. The van der Waals surface area contributed by atoms with E-state index in [1.165, 1.54) is 11.1 Å². The molecule has 0 spiro atoms. The quantitative estimate of drug-likeness (QED) is 0.882. The van der Waals surface area contributed by atoms with Crippen LogP contribution in [0.2, 0.25) is 0 Å². The summed E-state index contributed by atoms with van der Waals surface area (Å²) < 4.78 is 11.3. The van der Waals surface area contributed by atoms with E-state index in [-0.39, 0.29) is 6.10 Å². The number of aryl methyl sites for hydroxylation is 2. The predicted octanol–water partition coefficient (Wildman–Crippen LogP) is 3.50. The molecule has 2 unspecified atom stereocenters. The van der Waals surface area contributed by atoms with Gasteiger partial charge in [-0.15, -0.1) is 0 Å². The average molecular weight is 285 g/mol. The molecule has 21 heavy (non-hydrogen) atoms. The Bertz CT molecular complexity index is 577. The first kappa shape index (κ1) is 14.2. The van der Waals surface area contributed by atoms with Crippen molar-refractivity contribution in [3.8, 4) is 5.75 Å². The van der Waals surface area contributed by atoms with Crippen LogP contribution in [-0.4, -0.2) is 18.7 Å². The van der Waals surface area contributed by atoms with E-state index in [2.05, 4.69) is 37.4 Å². The van der Waals surface area contributed by atoms with E-state index >= 15 is 0 Å². The first-order chi connectivity index (χ1) is 10.2. The van der Waals surface area contributed by atoms with Crippen LogP contribution in [0.4, 0.5) is 0 Å². The Hall–Kier alpha value is -1.74. The first-order valence-electron chi connectivity index (χ1n) is 7.72. The van der Waals surface area contributed by atoms with Gasteiger partial charge >= 0.3 is 0 Å². The highest BCUT2D eigenvalue weighted by Crippen LogP contribution is 2.29. The van der Waals surface area contributed by atoms with Gasteiger partial charge in [-0.3, -0.25) is 0 Å². The minimum Gasteiger partial charge on any atom is -0.488 e. The van der Waals surface area contributed by atoms with E-state index in [1.54, 1.807) is 6.26 Å². The van der Waals surface area contributed by atoms with Crippen LogP contribution in [0.5, 0.6) is 5.75 Å². The van der Waals surface area contributed by atoms with Gasteiger partial charge in [0.05, 0.1) is 6.26 Å². The molecule has 0 bridgehead atoms. The highest BCUT2D eigenvalue weighted by atomic mass is 16.5. The van der Waals surface area contributed by atoms with Crippen molar-refractivity contribution in [3.63, 3.8) is 0 Å². The standard InChI is InChI=1S/C18H23NO2/c1-13-5-8-18-15(10-13)11-17(21-18)12-19-14(2)6-7-16-4-3-9-20-16/h3-5,8-10,14,17,19H,6-7,11-12H2,1-2H3. The largest absolute Gasteiger partial charge is 0.488 e. The molecule has 3 rings (SSSR count). The predicted molar refractivity (Wildman–Crippen MR) is 83.8 cm³/mol. The number of furan rings is 1. The molecule has 1 aliphatic heterocycles. The number of ether oxygens (including phenoxy) is 1. The molecule has 0 saturated heterocycles. The Morgan fingerprint density at radius 2 is 2.24 bits per heavy atom. The van der Waals surface area contributed by atoms with Gasteiger partial charge in [0.25, 0.3) is 0 Å². The molecule has 1 aliphatic rings. The zero-order chi connectivity index (χ0) is 14.7. The second kappa shape index (κ2) is 6.35. The van der Waals surface area contributed by atoms with Crippen LogP contribution in [0.15, 0.2) is 41.0 Å². The third kappa shape index (κ3) is 3.67. The van der Waals surface area contributed by atoms with E-state index in [4.69, 9.17) is 9.15 Å². The molecular weight excluding hydrogens is 262 g/mol. The van der Waals surface area contributed by atoms with Crippen LogP contribution in [0, 0.1) is 6.92 Å². The Labute approximate surface area is 126 Å². The summed E-state index contributed by atoms with van der Waals surface area (Å²) in [4.78, 5) is 0. The summed E-state index contributed by atoms with van der Waals surface area (Å²) in [6.07, 6.45) is 5.06. The smallest absolute Gasteiger partial charge is 0.123 e. The van der Waals surface area contributed by atoms with Gasteiger partial charge in [-0.2, -0.15) is 0 Å². The lowest BCUT2D eigenvalue weighted by Crippen LogP contribution is -2.36. The van der Waals surface area contributed by atoms with Crippen molar-refractivity contribution in [3.05, 3.63) is 53.5 Å². The number of hydrogen-bond acceptors (Lipinski definition) is 3. The lowest BCUT2D eigenvalue weighted by Gasteiger charge is -2.17. The van der Waals surface area contributed by atoms with Gasteiger partial charge in [0.2, 0.25) is 0 Å². The minimum atomic E-state index is 0.257. The lowest BCUT2D eigenvalue weighted by atomic mass is 10.1. The molecule has 2 aromatic rings. The van der Waals surface area contributed by atoms with E-state index in [9.17, 15) is 0 Å². The summed E-state index contributed by atoms with van der Waals surface area (Å²) in [5.41, 5.74) is 2.64. The molecule has 1 aromatic carbocycles. The Morgan fingerprint density at radius 1 is 1.33 bits per heavy atom. The van der Waals surface area contributed by atoms with Crippen LogP contribution in [-0.2, 0) is 12.8 Å². The van der Waals surface area contributed by atoms with Gasteiger partial charge in [0.1, 0.15) is 17.6 Å². The molecule has 3 nitrogen and oxygen atoms in total. The highest BCUT2D eigenvalue weighted by Gasteiger charge is 2.22. The summed E-state index contributed by atoms with van der Waals surface area (Å²) in [5.74, 6) is 2.11. The van der Waals surface area contributed by atoms with Gasteiger partial charge in [-0.05, 0) is 44.0 Å². The normalized spacial score (nSPS) is 18.3. The van der Waals surface area contributed by atoms with E-state index in [0.29, 0.717) is 6.04 Å². The molecule has 2 atom stereocenters. The molecule has 0 saturated carbocycles. The van der Waals surface area contributed by atoms with Crippen LogP contribution in [0.25, 0.3) is 0 Å². The van der Waals surface area contributed by atoms with Crippen LogP contribution >= 0.6 is 0 Å². The maximum Gasteiger partial charge on any atom is 0.123 e. The van der Waals surface area contributed by atoms with E-state index in [1.807, 2.05) is 12.1 Å². The second-order valence-corrected chi connectivity index (χ2v) is 5.98. The third-order valence-electron chi connectivity index (χ3n) is 4.06. The summed E-state index contributed by atoms with van der Waals surface area (Å²) in [7, 11) is 0. The van der Waals surface area contributed by atoms with Crippen LogP contribution in [0.3, 0.4) is 0 Å². The lowest BCUT2D eigenvalue weighted by molar-refractivity contribution is 0.221. The fourth-order valence-corrected chi connectivity index (χ4v) is 2.81.